The van der Waals surface area contributed by atoms with Gasteiger partial charge in [-0.15, -0.1) is 11.8 Å². The number of nitrogens with one attached hydrogen (secondary N) is 1. The van der Waals surface area contributed by atoms with Crippen LogP contribution in [0.4, 0.5) is 11.5 Å². The summed E-state index contributed by atoms with van der Waals surface area (Å²) in [6.07, 6.45) is 1.64. The highest BCUT2D eigenvalue weighted by Crippen LogP contribution is 2.29. The number of anilines is 2. The Labute approximate surface area is 138 Å². The lowest BCUT2D eigenvalue weighted by molar-refractivity contribution is -0.115. The van der Waals surface area contributed by atoms with Gasteiger partial charge in [-0.1, -0.05) is 11.6 Å². The van der Waals surface area contributed by atoms with Crippen LogP contribution in [-0.4, -0.2) is 23.3 Å². The summed E-state index contributed by atoms with van der Waals surface area (Å²) in [5, 5.41) is 3.04. The van der Waals surface area contributed by atoms with Crippen LogP contribution >= 0.6 is 23.4 Å². The van der Waals surface area contributed by atoms with Crippen molar-refractivity contribution < 1.29 is 9.53 Å². The Morgan fingerprint density at radius 3 is 2.82 bits per heavy atom. The first kappa shape index (κ1) is 16.5. The number of thioether (sulfide) groups is 1. The first-order valence-corrected chi connectivity index (χ1v) is 7.78. The molecular formula is C15H16ClN3O2S. The quantitative estimate of drug-likeness (QED) is 0.817. The zero-order valence-corrected chi connectivity index (χ0v) is 13.7. The van der Waals surface area contributed by atoms with E-state index in [-0.39, 0.29) is 11.2 Å². The Morgan fingerprint density at radius 2 is 2.18 bits per heavy atom. The molecule has 5 nitrogen and oxygen atoms in total. The standard InChI is InChI=1S/C15H16ClN3O2S/c1-9(22-11-4-6-14(17)18-8-11)15(20)19-12-7-10(16)3-5-13(12)21-2/h3-9H,1-2H3,(H2,17,18)(H,19,20). The molecule has 0 aliphatic heterocycles. The molecule has 0 spiro atoms. The number of nitrogen functional groups attached to an aromatic ring is 1. The summed E-state index contributed by atoms with van der Waals surface area (Å²) in [7, 11) is 1.54. The fraction of sp³-hybridized carbons (Fsp3) is 0.200. The zero-order valence-electron chi connectivity index (χ0n) is 12.2. The molecule has 0 aliphatic carbocycles. The van der Waals surface area contributed by atoms with Crippen LogP contribution in [-0.2, 0) is 4.79 Å². The van der Waals surface area contributed by atoms with E-state index in [0.29, 0.717) is 22.3 Å². The Bertz CT molecular complexity index is 664. The summed E-state index contributed by atoms with van der Waals surface area (Å²) < 4.78 is 5.21. The number of carbonyl (C=O) groups is 1. The normalized spacial score (nSPS) is 11.8. The number of benzene rings is 1. The van der Waals surface area contributed by atoms with Gasteiger partial charge in [0.25, 0.3) is 0 Å². The van der Waals surface area contributed by atoms with E-state index in [1.54, 1.807) is 30.5 Å². The van der Waals surface area contributed by atoms with Crippen molar-refractivity contribution >= 4 is 40.8 Å². The summed E-state index contributed by atoms with van der Waals surface area (Å²) in [5.41, 5.74) is 6.08. The van der Waals surface area contributed by atoms with Crippen molar-refractivity contribution in [3.05, 3.63) is 41.6 Å². The number of aromatic nitrogens is 1. The number of pyridine rings is 1. The molecule has 0 radical (unpaired) electrons. The van der Waals surface area contributed by atoms with Crippen LogP contribution < -0.4 is 15.8 Å². The molecular weight excluding hydrogens is 322 g/mol. The van der Waals surface area contributed by atoms with E-state index < -0.39 is 0 Å². The molecule has 1 aromatic carbocycles. The number of nitrogens with zero attached hydrogens (tertiary/aromatic N) is 1. The van der Waals surface area contributed by atoms with Crippen LogP contribution in [0.25, 0.3) is 0 Å². The zero-order chi connectivity index (χ0) is 16.1. The number of hydrogen-bond acceptors (Lipinski definition) is 5. The molecule has 1 amide bonds. The third kappa shape index (κ3) is 4.29. The van der Waals surface area contributed by atoms with E-state index in [1.807, 2.05) is 13.0 Å². The molecule has 0 bridgehead atoms. The van der Waals surface area contributed by atoms with Crippen LogP contribution in [0.2, 0.25) is 5.02 Å². The second kappa shape index (κ2) is 7.38. The van der Waals surface area contributed by atoms with Crippen molar-refractivity contribution in [3.63, 3.8) is 0 Å². The molecule has 3 N–H and O–H groups in total. The van der Waals surface area contributed by atoms with E-state index in [1.165, 1.54) is 18.9 Å². The number of hydrogen-bond donors (Lipinski definition) is 2. The highest BCUT2D eigenvalue weighted by atomic mass is 35.5. The summed E-state index contributed by atoms with van der Waals surface area (Å²) >= 11 is 7.34. The Hall–Kier alpha value is -1.92. The molecule has 1 heterocycles. The van der Waals surface area contributed by atoms with Gasteiger partial charge in [-0.3, -0.25) is 4.79 Å². The van der Waals surface area contributed by atoms with Gasteiger partial charge in [-0.2, -0.15) is 0 Å². The number of carbonyl (C=O) groups excluding carboxylic acids is 1. The SMILES string of the molecule is COc1ccc(Cl)cc1NC(=O)C(C)Sc1ccc(N)nc1. The third-order valence-corrected chi connectivity index (χ3v) is 4.18. The monoisotopic (exact) mass is 337 g/mol. The van der Waals surface area contributed by atoms with Gasteiger partial charge in [-0.25, -0.2) is 4.98 Å². The number of rotatable bonds is 5. The van der Waals surface area contributed by atoms with E-state index in [0.717, 1.165) is 4.90 Å². The lowest BCUT2D eigenvalue weighted by atomic mass is 10.3. The first-order chi connectivity index (χ1) is 10.5. The third-order valence-electron chi connectivity index (χ3n) is 2.86. The minimum atomic E-state index is -0.311. The van der Waals surface area contributed by atoms with E-state index >= 15 is 0 Å². The smallest absolute Gasteiger partial charge is 0.237 e. The van der Waals surface area contributed by atoms with Gasteiger partial charge in [0.15, 0.2) is 0 Å². The van der Waals surface area contributed by atoms with E-state index in [2.05, 4.69) is 10.3 Å². The van der Waals surface area contributed by atoms with Crippen LogP contribution in [0.5, 0.6) is 5.75 Å². The van der Waals surface area contributed by atoms with Gasteiger partial charge >= 0.3 is 0 Å². The summed E-state index contributed by atoms with van der Waals surface area (Å²) in [4.78, 5) is 17.2. The van der Waals surface area contributed by atoms with Gasteiger partial charge < -0.3 is 15.8 Å². The van der Waals surface area contributed by atoms with Gasteiger partial charge in [0.2, 0.25) is 5.91 Å². The van der Waals surface area contributed by atoms with Crippen molar-refractivity contribution in [1.82, 2.24) is 4.98 Å². The average Bonchev–Trinajstić information content (AvgIpc) is 2.49. The van der Waals surface area contributed by atoms with E-state index in [9.17, 15) is 4.79 Å². The summed E-state index contributed by atoms with van der Waals surface area (Å²) in [6, 6.07) is 8.60. The molecule has 22 heavy (non-hydrogen) atoms. The second-order valence-electron chi connectivity index (χ2n) is 4.51. The van der Waals surface area contributed by atoms with Crippen LogP contribution in [0.3, 0.4) is 0 Å². The summed E-state index contributed by atoms with van der Waals surface area (Å²) in [6.45, 7) is 1.81. The van der Waals surface area contributed by atoms with Crippen molar-refractivity contribution in [2.75, 3.05) is 18.2 Å². The molecule has 2 rings (SSSR count). The fourth-order valence-electron chi connectivity index (χ4n) is 1.73. The molecule has 0 fully saturated rings. The highest BCUT2D eigenvalue weighted by molar-refractivity contribution is 8.00. The van der Waals surface area contributed by atoms with Gasteiger partial charge in [0.05, 0.1) is 18.0 Å². The Balaban J connectivity index is 2.05. The molecule has 1 atom stereocenters. The van der Waals surface area contributed by atoms with Gasteiger partial charge in [0, 0.05) is 16.1 Å². The maximum atomic E-state index is 12.3. The van der Waals surface area contributed by atoms with Crippen LogP contribution in [0.15, 0.2) is 41.4 Å². The number of halogens is 1. The number of amides is 1. The Morgan fingerprint density at radius 1 is 1.41 bits per heavy atom. The molecule has 0 saturated carbocycles. The van der Waals surface area contributed by atoms with Crippen molar-refractivity contribution in [2.24, 2.45) is 0 Å². The topological polar surface area (TPSA) is 77.2 Å². The van der Waals surface area contributed by atoms with Gasteiger partial charge in [0.1, 0.15) is 11.6 Å². The molecule has 0 aliphatic rings. The fourth-order valence-corrected chi connectivity index (χ4v) is 2.74. The molecule has 116 valence electrons. The average molecular weight is 338 g/mol. The van der Waals surface area contributed by atoms with Crippen molar-refractivity contribution in [3.8, 4) is 5.75 Å². The highest BCUT2D eigenvalue weighted by Gasteiger charge is 2.16. The summed E-state index contributed by atoms with van der Waals surface area (Å²) in [5.74, 6) is 0.858. The minimum absolute atomic E-state index is 0.151. The number of methoxy groups -OCH3 is 1. The van der Waals surface area contributed by atoms with Gasteiger partial charge in [-0.05, 0) is 37.3 Å². The van der Waals surface area contributed by atoms with Crippen LogP contribution in [0.1, 0.15) is 6.92 Å². The predicted molar refractivity (Wildman–Crippen MR) is 90.6 cm³/mol. The number of nitrogens with two attached hydrogens (primary N) is 1. The molecule has 1 unspecified atom stereocenters. The van der Waals surface area contributed by atoms with Crippen LogP contribution in [0, 0.1) is 0 Å². The minimum Gasteiger partial charge on any atom is -0.495 e. The number of ether oxygens (including phenoxy) is 1. The maximum absolute atomic E-state index is 12.3. The van der Waals surface area contributed by atoms with Crippen molar-refractivity contribution in [2.45, 2.75) is 17.1 Å². The first-order valence-electron chi connectivity index (χ1n) is 6.52. The Kier molecular flexibility index (Phi) is 5.51. The lowest BCUT2D eigenvalue weighted by Crippen LogP contribution is -2.22. The predicted octanol–water partition coefficient (Wildman–Crippen LogP) is 3.45. The molecule has 2 aromatic rings. The molecule has 7 heteroatoms. The second-order valence-corrected chi connectivity index (χ2v) is 6.36. The largest absolute Gasteiger partial charge is 0.495 e. The van der Waals surface area contributed by atoms with E-state index in [4.69, 9.17) is 22.1 Å². The maximum Gasteiger partial charge on any atom is 0.237 e. The van der Waals surface area contributed by atoms with Crippen molar-refractivity contribution in [1.29, 1.82) is 0 Å². The molecule has 0 saturated heterocycles. The molecule has 1 aromatic heterocycles. The lowest BCUT2D eigenvalue weighted by Gasteiger charge is -2.14.